The van der Waals surface area contributed by atoms with E-state index in [9.17, 15) is 18.8 Å². The first kappa shape index (κ1) is 21.6. The molecule has 2 atom stereocenters. The molecule has 2 amide bonds. The van der Waals surface area contributed by atoms with Gasteiger partial charge < -0.3 is 15.4 Å². The molecule has 29 heavy (non-hydrogen) atoms. The number of hydrogen-bond donors (Lipinski definition) is 2. The van der Waals surface area contributed by atoms with Crippen LogP contribution in [0.1, 0.15) is 42.2 Å². The van der Waals surface area contributed by atoms with E-state index in [1.54, 1.807) is 25.1 Å². The van der Waals surface area contributed by atoms with Crippen molar-refractivity contribution in [3.63, 3.8) is 0 Å². The maximum atomic E-state index is 13.0. The predicted octanol–water partition coefficient (Wildman–Crippen LogP) is 3.10. The molecule has 0 aliphatic carbocycles. The number of carbonyl (C=O) groups excluding carboxylic acids is 3. The zero-order valence-corrected chi connectivity index (χ0v) is 15.9. The first-order valence-corrected chi connectivity index (χ1v) is 8.84. The van der Waals surface area contributed by atoms with Crippen LogP contribution in [0.5, 0.6) is 0 Å². The Labute approximate surface area is 167 Å². The number of esters is 1. The summed E-state index contributed by atoms with van der Waals surface area (Å²) in [6.45, 7) is 3.18. The molecule has 0 fully saturated rings. The lowest BCUT2D eigenvalue weighted by atomic mass is 10.1. The Kier molecular flexibility index (Phi) is 7.43. The molecule has 2 N–H and O–H groups in total. The smallest absolute Gasteiger partial charge is 0.338 e. The fourth-order valence-corrected chi connectivity index (χ4v) is 2.41. The number of carbonyl (C=O) groups is 3. The van der Waals surface area contributed by atoms with Gasteiger partial charge in [0.05, 0.1) is 17.7 Å². The van der Waals surface area contributed by atoms with Crippen molar-refractivity contribution in [2.24, 2.45) is 0 Å². The van der Waals surface area contributed by atoms with Gasteiger partial charge in [-0.3, -0.25) is 9.59 Å². The standard InChI is InChI=1S/C21H20FN3O4/c1-13(15-3-7-17(22)8-4-15)24-20(27)14(2)29-21(28)16-5-9-18(10-6-16)25-19(26)11-12-23/h3-10,13-14H,11H2,1-2H3,(H,24,27)(H,25,26)/t13-,14+/m0/s1. The van der Waals surface area contributed by atoms with Gasteiger partial charge in [-0.25, -0.2) is 9.18 Å². The summed E-state index contributed by atoms with van der Waals surface area (Å²) in [5.74, 6) is -2.01. The lowest BCUT2D eigenvalue weighted by molar-refractivity contribution is -0.129. The molecule has 0 spiro atoms. The van der Waals surface area contributed by atoms with Crippen molar-refractivity contribution in [3.05, 3.63) is 65.5 Å². The third-order valence-corrected chi connectivity index (χ3v) is 4.03. The molecule has 0 bridgehead atoms. The zero-order valence-electron chi connectivity index (χ0n) is 15.9. The minimum absolute atomic E-state index is 0.203. The Hall–Kier alpha value is -3.73. The topological polar surface area (TPSA) is 108 Å². The Morgan fingerprint density at radius 1 is 1.07 bits per heavy atom. The van der Waals surface area contributed by atoms with Crippen LogP contribution in [0.3, 0.4) is 0 Å². The molecular weight excluding hydrogens is 377 g/mol. The van der Waals surface area contributed by atoms with Crippen LogP contribution in [0.25, 0.3) is 0 Å². The summed E-state index contributed by atoms with van der Waals surface area (Å²) in [7, 11) is 0. The van der Waals surface area contributed by atoms with Crippen LogP contribution in [0.15, 0.2) is 48.5 Å². The molecule has 2 aromatic carbocycles. The van der Waals surface area contributed by atoms with Gasteiger partial charge in [-0.05, 0) is 55.8 Å². The van der Waals surface area contributed by atoms with E-state index in [1.807, 2.05) is 0 Å². The molecule has 2 rings (SSSR count). The normalized spacial score (nSPS) is 12.2. The molecule has 2 aromatic rings. The SMILES string of the molecule is C[C@H](NC(=O)[C@@H](C)OC(=O)c1ccc(NC(=O)CC#N)cc1)c1ccc(F)cc1. The minimum atomic E-state index is -1.04. The van der Waals surface area contributed by atoms with E-state index in [1.165, 1.54) is 43.3 Å². The molecule has 0 saturated carbocycles. The number of nitrogens with zero attached hydrogens (tertiary/aromatic N) is 1. The summed E-state index contributed by atoms with van der Waals surface area (Å²) in [6.07, 6.45) is -1.31. The van der Waals surface area contributed by atoms with E-state index in [4.69, 9.17) is 10.00 Å². The largest absolute Gasteiger partial charge is 0.449 e. The van der Waals surface area contributed by atoms with Crippen LogP contribution >= 0.6 is 0 Å². The minimum Gasteiger partial charge on any atom is -0.449 e. The first-order chi connectivity index (χ1) is 13.8. The molecule has 0 aliphatic rings. The highest BCUT2D eigenvalue weighted by Gasteiger charge is 2.21. The van der Waals surface area contributed by atoms with E-state index >= 15 is 0 Å². The van der Waals surface area contributed by atoms with Gasteiger partial charge in [0.15, 0.2) is 6.10 Å². The summed E-state index contributed by atoms with van der Waals surface area (Å²) in [4.78, 5) is 35.8. The number of amides is 2. The third-order valence-electron chi connectivity index (χ3n) is 4.03. The van der Waals surface area contributed by atoms with E-state index in [0.717, 1.165) is 0 Å². The number of ether oxygens (including phenoxy) is 1. The van der Waals surface area contributed by atoms with Crippen molar-refractivity contribution in [2.75, 3.05) is 5.32 Å². The number of nitriles is 1. The Bertz CT molecular complexity index is 920. The van der Waals surface area contributed by atoms with Gasteiger partial charge in [0, 0.05) is 5.69 Å². The Morgan fingerprint density at radius 2 is 1.69 bits per heavy atom. The maximum absolute atomic E-state index is 13.0. The van der Waals surface area contributed by atoms with Crippen LogP contribution in [0, 0.1) is 17.1 Å². The zero-order chi connectivity index (χ0) is 21.4. The average molecular weight is 397 g/mol. The highest BCUT2D eigenvalue weighted by molar-refractivity contribution is 5.94. The molecule has 0 aliphatic heterocycles. The highest BCUT2D eigenvalue weighted by Crippen LogP contribution is 2.14. The highest BCUT2D eigenvalue weighted by atomic mass is 19.1. The maximum Gasteiger partial charge on any atom is 0.338 e. The molecule has 150 valence electrons. The molecule has 0 saturated heterocycles. The second-order valence-corrected chi connectivity index (χ2v) is 6.29. The first-order valence-electron chi connectivity index (χ1n) is 8.84. The second-order valence-electron chi connectivity index (χ2n) is 6.29. The van der Waals surface area contributed by atoms with Crippen molar-refractivity contribution in [1.29, 1.82) is 5.26 Å². The molecular formula is C21H20FN3O4. The second kappa shape index (κ2) is 9.99. The molecule has 0 aromatic heterocycles. The summed E-state index contributed by atoms with van der Waals surface area (Å²) >= 11 is 0. The quantitative estimate of drug-likeness (QED) is 0.698. The average Bonchev–Trinajstić information content (AvgIpc) is 2.69. The summed E-state index contributed by atoms with van der Waals surface area (Å²) < 4.78 is 18.2. The van der Waals surface area contributed by atoms with E-state index in [2.05, 4.69) is 10.6 Å². The van der Waals surface area contributed by atoms with Gasteiger partial charge in [0.25, 0.3) is 5.91 Å². The van der Waals surface area contributed by atoms with Crippen molar-refractivity contribution in [1.82, 2.24) is 5.32 Å². The van der Waals surface area contributed by atoms with Crippen LogP contribution in [-0.2, 0) is 14.3 Å². The molecule has 0 radical (unpaired) electrons. The molecule has 7 nitrogen and oxygen atoms in total. The van der Waals surface area contributed by atoms with Gasteiger partial charge in [-0.2, -0.15) is 5.26 Å². The van der Waals surface area contributed by atoms with Gasteiger partial charge >= 0.3 is 5.97 Å². The van der Waals surface area contributed by atoms with Gasteiger partial charge in [0.1, 0.15) is 12.2 Å². The van der Waals surface area contributed by atoms with E-state index < -0.39 is 23.9 Å². The fraction of sp³-hybridized carbons (Fsp3) is 0.238. The van der Waals surface area contributed by atoms with Crippen LogP contribution < -0.4 is 10.6 Å². The number of anilines is 1. The van der Waals surface area contributed by atoms with Crippen LogP contribution in [-0.4, -0.2) is 23.9 Å². The van der Waals surface area contributed by atoms with Gasteiger partial charge in [-0.15, -0.1) is 0 Å². The Balaban J connectivity index is 1.90. The fourth-order valence-electron chi connectivity index (χ4n) is 2.41. The van der Waals surface area contributed by atoms with Crippen molar-refractivity contribution < 1.29 is 23.5 Å². The summed E-state index contributed by atoms with van der Waals surface area (Å²) in [5.41, 5.74) is 1.35. The number of benzene rings is 2. The lowest BCUT2D eigenvalue weighted by Crippen LogP contribution is -2.37. The van der Waals surface area contributed by atoms with Crippen molar-refractivity contribution >= 4 is 23.5 Å². The van der Waals surface area contributed by atoms with Gasteiger partial charge in [0.2, 0.25) is 5.91 Å². The monoisotopic (exact) mass is 397 g/mol. The van der Waals surface area contributed by atoms with Gasteiger partial charge in [-0.1, -0.05) is 12.1 Å². The lowest BCUT2D eigenvalue weighted by Gasteiger charge is -2.18. The number of halogens is 1. The van der Waals surface area contributed by atoms with E-state index in [0.29, 0.717) is 11.3 Å². The summed E-state index contributed by atoms with van der Waals surface area (Å²) in [6, 6.07) is 12.9. The predicted molar refractivity (Wildman–Crippen MR) is 103 cm³/mol. The van der Waals surface area contributed by atoms with Crippen LogP contribution in [0.2, 0.25) is 0 Å². The number of nitrogens with one attached hydrogen (secondary N) is 2. The molecule has 0 heterocycles. The number of hydrogen-bond acceptors (Lipinski definition) is 5. The van der Waals surface area contributed by atoms with Crippen molar-refractivity contribution in [3.8, 4) is 6.07 Å². The molecule has 0 unspecified atom stereocenters. The third kappa shape index (κ3) is 6.43. The van der Waals surface area contributed by atoms with Crippen molar-refractivity contribution in [2.45, 2.75) is 32.4 Å². The summed E-state index contributed by atoms with van der Waals surface area (Å²) in [5, 5.41) is 13.7. The van der Waals surface area contributed by atoms with E-state index in [-0.39, 0.29) is 23.8 Å². The Morgan fingerprint density at radius 3 is 2.28 bits per heavy atom. The van der Waals surface area contributed by atoms with Crippen LogP contribution in [0.4, 0.5) is 10.1 Å². The number of rotatable bonds is 7. The molecule has 8 heteroatoms.